The molecule has 6 nitrogen and oxygen atoms in total. The van der Waals surface area contributed by atoms with Crippen molar-refractivity contribution < 1.29 is 4.79 Å². The molecule has 0 unspecified atom stereocenters. The summed E-state index contributed by atoms with van der Waals surface area (Å²) < 4.78 is 0. The van der Waals surface area contributed by atoms with Crippen LogP contribution in [0.25, 0.3) is 0 Å². The lowest BCUT2D eigenvalue weighted by Gasteiger charge is -2.05. The molecule has 0 atom stereocenters. The summed E-state index contributed by atoms with van der Waals surface area (Å²) in [5.74, 6) is -0.223. The quantitative estimate of drug-likeness (QED) is 0.823. The highest BCUT2D eigenvalue weighted by molar-refractivity contribution is 6.33. The molecule has 0 fully saturated rings. The van der Waals surface area contributed by atoms with Gasteiger partial charge in [0.25, 0.3) is 5.91 Å². The number of rotatable bonds is 2. The number of nitrogens with zero attached hydrogens (tertiary/aromatic N) is 3. The highest BCUT2D eigenvalue weighted by atomic mass is 35.5. The van der Waals surface area contributed by atoms with Crippen LogP contribution < -0.4 is 11.1 Å². The summed E-state index contributed by atoms with van der Waals surface area (Å²) in [4.78, 5) is 15.7. The maximum atomic E-state index is 11.9. The van der Waals surface area contributed by atoms with Gasteiger partial charge in [0.15, 0.2) is 11.0 Å². The van der Waals surface area contributed by atoms with Gasteiger partial charge in [-0.3, -0.25) is 4.79 Å². The minimum absolute atomic E-state index is 0.0589. The molecular weight excluding hydrogens is 277 g/mol. The number of hydrogen-bond donors (Lipinski definition) is 2. The summed E-state index contributed by atoms with van der Waals surface area (Å²) in [7, 11) is 0. The summed E-state index contributed by atoms with van der Waals surface area (Å²) >= 11 is 11.4. The first-order chi connectivity index (χ1) is 8.56. The average Bonchev–Trinajstić information content (AvgIpc) is 2.35. The molecule has 8 heteroatoms. The third kappa shape index (κ3) is 2.85. The lowest BCUT2D eigenvalue weighted by molar-refractivity contribution is 0.102. The van der Waals surface area contributed by atoms with Crippen LogP contribution in [0.15, 0.2) is 24.4 Å². The Morgan fingerprint density at radius 2 is 2.06 bits per heavy atom. The van der Waals surface area contributed by atoms with Gasteiger partial charge in [0, 0.05) is 0 Å². The second-order valence-corrected chi connectivity index (χ2v) is 4.05. The molecule has 18 heavy (non-hydrogen) atoms. The van der Waals surface area contributed by atoms with Gasteiger partial charge >= 0.3 is 0 Å². The first kappa shape index (κ1) is 12.5. The molecule has 0 radical (unpaired) electrons. The zero-order valence-electron chi connectivity index (χ0n) is 8.89. The van der Waals surface area contributed by atoms with E-state index in [2.05, 4.69) is 20.5 Å². The van der Waals surface area contributed by atoms with E-state index in [0.29, 0.717) is 5.69 Å². The highest BCUT2D eigenvalue weighted by Gasteiger charge is 2.12. The fraction of sp³-hybridized carbons (Fsp3) is 0. The molecule has 0 bridgehead atoms. The summed E-state index contributed by atoms with van der Waals surface area (Å²) in [6.45, 7) is 0. The number of nitrogens with one attached hydrogen (secondary N) is 1. The molecule has 0 aliphatic heterocycles. The summed E-state index contributed by atoms with van der Waals surface area (Å²) in [5.41, 5.74) is 6.03. The molecule has 1 amide bonds. The summed E-state index contributed by atoms with van der Waals surface area (Å²) in [5, 5.41) is 10.1. The van der Waals surface area contributed by atoms with Crippen LogP contribution in [-0.2, 0) is 0 Å². The number of hydrogen-bond acceptors (Lipinski definition) is 5. The Hall–Kier alpha value is -1.92. The molecule has 3 N–H and O–H groups in total. The molecule has 2 rings (SSSR count). The number of nitrogen functional groups attached to an aromatic ring is 1. The molecule has 2 heterocycles. The van der Waals surface area contributed by atoms with Crippen LogP contribution in [0.4, 0.5) is 11.5 Å². The van der Waals surface area contributed by atoms with E-state index in [1.807, 2.05) is 0 Å². The van der Waals surface area contributed by atoms with Gasteiger partial charge in [0.1, 0.15) is 5.15 Å². The van der Waals surface area contributed by atoms with E-state index in [4.69, 9.17) is 28.9 Å². The molecule has 92 valence electrons. The van der Waals surface area contributed by atoms with Gasteiger partial charge in [0.05, 0.1) is 17.4 Å². The predicted molar refractivity (Wildman–Crippen MR) is 68.7 cm³/mol. The van der Waals surface area contributed by atoms with Gasteiger partial charge in [-0.05, 0) is 18.2 Å². The normalized spacial score (nSPS) is 10.1. The predicted octanol–water partition coefficient (Wildman–Crippen LogP) is 2.01. The Morgan fingerprint density at radius 3 is 2.72 bits per heavy atom. The van der Waals surface area contributed by atoms with Crippen molar-refractivity contribution >= 4 is 40.6 Å². The molecule has 2 aromatic rings. The van der Waals surface area contributed by atoms with Crippen molar-refractivity contribution in [1.82, 2.24) is 15.2 Å². The van der Waals surface area contributed by atoms with Gasteiger partial charge in [-0.15, -0.1) is 10.2 Å². The van der Waals surface area contributed by atoms with Gasteiger partial charge in [-0.2, -0.15) is 0 Å². The number of anilines is 2. The van der Waals surface area contributed by atoms with Gasteiger partial charge in [0.2, 0.25) is 0 Å². The van der Waals surface area contributed by atoms with E-state index >= 15 is 0 Å². The average molecular weight is 284 g/mol. The molecular formula is C10H7Cl2N5O. The summed E-state index contributed by atoms with van der Waals surface area (Å²) in [6, 6.07) is 4.44. The standard InChI is InChI=1S/C10H7Cl2N5O/c11-7-1-2-8(17-16-7)15-10(18)6-3-5(13)4-14-9(6)12/h1-4H,13H2,(H,15,17,18). The Bertz CT molecular complexity index is 587. The Kier molecular flexibility index (Phi) is 3.59. The van der Waals surface area contributed by atoms with Crippen LogP contribution in [0.5, 0.6) is 0 Å². The zero-order valence-corrected chi connectivity index (χ0v) is 10.4. The lowest BCUT2D eigenvalue weighted by atomic mass is 10.2. The van der Waals surface area contributed by atoms with Gasteiger partial charge < -0.3 is 11.1 Å². The number of pyridine rings is 1. The van der Waals surface area contributed by atoms with Crippen molar-refractivity contribution in [2.24, 2.45) is 0 Å². The Balaban J connectivity index is 2.21. The van der Waals surface area contributed by atoms with Gasteiger partial charge in [-0.25, -0.2) is 4.98 Å². The Morgan fingerprint density at radius 1 is 1.28 bits per heavy atom. The molecule has 0 aromatic carbocycles. The minimum atomic E-state index is -0.476. The maximum Gasteiger partial charge on any atom is 0.260 e. The lowest BCUT2D eigenvalue weighted by Crippen LogP contribution is -2.14. The largest absolute Gasteiger partial charge is 0.397 e. The first-order valence-corrected chi connectivity index (χ1v) is 5.53. The molecule has 0 saturated carbocycles. The second kappa shape index (κ2) is 5.16. The Labute approximate surface area is 112 Å². The monoisotopic (exact) mass is 283 g/mol. The minimum Gasteiger partial charge on any atom is -0.397 e. The van der Waals surface area contributed by atoms with Crippen LogP contribution in [-0.4, -0.2) is 21.1 Å². The van der Waals surface area contributed by atoms with Crippen LogP contribution in [0.1, 0.15) is 10.4 Å². The van der Waals surface area contributed by atoms with Crippen molar-refractivity contribution in [3.63, 3.8) is 0 Å². The third-order valence-corrected chi connectivity index (χ3v) is 2.48. The second-order valence-electron chi connectivity index (χ2n) is 3.30. The van der Waals surface area contributed by atoms with Crippen molar-refractivity contribution in [2.75, 3.05) is 11.1 Å². The fourth-order valence-electron chi connectivity index (χ4n) is 1.19. The SMILES string of the molecule is Nc1cnc(Cl)c(C(=O)Nc2ccc(Cl)nn2)c1. The number of aromatic nitrogens is 3. The maximum absolute atomic E-state index is 11.9. The van der Waals surface area contributed by atoms with Crippen molar-refractivity contribution in [1.29, 1.82) is 0 Å². The number of halogens is 2. The van der Waals surface area contributed by atoms with E-state index in [-0.39, 0.29) is 21.7 Å². The van der Waals surface area contributed by atoms with Crippen LogP contribution in [0, 0.1) is 0 Å². The smallest absolute Gasteiger partial charge is 0.260 e. The van der Waals surface area contributed by atoms with Gasteiger partial charge in [-0.1, -0.05) is 23.2 Å². The molecule has 2 aromatic heterocycles. The number of carbonyl (C=O) groups excluding carboxylic acids is 1. The van der Waals surface area contributed by atoms with E-state index < -0.39 is 5.91 Å². The van der Waals surface area contributed by atoms with Crippen LogP contribution in [0.3, 0.4) is 0 Å². The highest BCUT2D eigenvalue weighted by Crippen LogP contribution is 2.17. The van der Waals surface area contributed by atoms with Crippen molar-refractivity contribution in [3.05, 3.63) is 40.3 Å². The number of carbonyl (C=O) groups is 1. The zero-order chi connectivity index (χ0) is 13.1. The van der Waals surface area contributed by atoms with Crippen molar-refractivity contribution in [2.45, 2.75) is 0 Å². The van der Waals surface area contributed by atoms with E-state index in [9.17, 15) is 4.79 Å². The topological polar surface area (TPSA) is 93.8 Å². The van der Waals surface area contributed by atoms with Crippen molar-refractivity contribution in [3.8, 4) is 0 Å². The summed E-state index contributed by atoms with van der Waals surface area (Å²) in [6.07, 6.45) is 1.36. The first-order valence-electron chi connectivity index (χ1n) is 4.78. The van der Waals surface area contributed by atoms with Crippen LogP contribution >= 0.6 is 23.2 Å². The third-order valence-electron chi connectivity index (χ3n) is 1.98. The molecule has 0 aliphatic carbocycles. The molecule has 0 saturated heterocycles. The van der Waals surface area contributed by atoms with E-state index in [0.717, 1.165) is 0 Å². The molecule has 0 spiro atoms. The van der Waals surface area contributed by atoms with E-state index in [1.165, 1.54) is 24.4 Å². The van der Waals surface area contributed by atoms with E-state index in [1.54, 1.807) is 0 Å². The fourth-order valence-corrected chi connectivity index (χ4v) is 1.48. The number of amides is 1. The molecule has 0 aliphatic rings. The van der Waals surface area contributed by atoms with Crippen LogP contribution in [0.2, 0.25) is 10.3 Å². The number of nitrogens with two attached hydrogens (primary N) is 1.